The van der Waals surface area contributed by atoms with Crippen molar-refractivity contribution >= 4 is 5.97 Å². The summed E-state index contributed by atoms with van der Waals surface area (Å²) in [6.45, 7) is 0. The van der Waals surface area contributed by atoms with Crippen molar-refractivity contribution in [2.24, 2.45) is 0 Å². The van der Waals surface area contributed by atoms with Gasteiger partial charge in [0.1, 0.15) is 5.75 Å². The first-order chi connectivity index (χ1) is 8.19. The predicted octanol–water partition coefficient (Wildman–Crippen LogP) is 1.97. The zero-order valence-electron chi connectivity index (χ0n) is 9.21. The number of carbonyl (C=O) groups is 1. The lowest BCUT2D eigenvalue weighted by Gasteiger charge is -2.01. The SMILES string of the molecule is COc1cccc(Cc2cc(C(=O)O)on2)c1. The lowest BCUT2D eigenvalue weighted by molar-refractivity contribution is 0.0652. The molecule has 0 fully saturated rings. The Labute approximate surface area is 97.6 Å². The van der Waals surface area contributed by atoms with E-state index in [1.54, 1.807) is 7.11 Å². The second kappa shape index (κ2) is 4.69. The van der Waals surface area contributed by atoms with Crippen LogP contribution in [-0.2, 0) is 6.42 Å². The molecule has 0 atom stereocenters. The first kappa shape index (κ1) is 11.2. The fraction of sp³-hybridized carbons (Fsp3) is 0.167. The normalized spacial score (nSPS) is 10.2. The van der Waals surface area contributed by atoms with Gasteiger partial charge in [-0.3, -0.25) is 0 Å². The van der Waals surface area contributed by atoms with E-state index in [0.717, 1.165) is 11.3 Å². The maximum atomic E-state index is 10.6. The van der Waals surface area contributed by atoms with Crippen LogP contribution in [0.3, 0.4) is 0 Å². The molecule has 2 aromatic rings. The molecule has 2 rings (SSSR count). The summed E-state index contributed by atoms with van der Waals surface area (Å²) in [6, 6.07) is 8.91. The molecule has 0 aliphatic carbocycles. The summed E-state index contributed by atoms with van der Waals surface area (Å²) < 4.78 is 9.77. The van der Waals surface area contributed by atoms with Gasteiger partial charge in [-0.15, -0.1) is 0 Å². The summed E-state index contributed by atoms with van der Waals surface area (Å²) in [5.41, 5.74) is 1.56. The van der Waals surface area contributed by atoms with Gasteiger partial charge in [0.25, 0.3) is 0 Å². The molecule has 88 valence electrons. The number of carboxylic acid groups (broad SMARTS) is 1. The van der Waals surface area contributed by atoms with E-state index in [0.29, 0.717) is 12.1 Å². The maximum absolute atomic E-state index is 10.6. The zero-order chi connectivity index (χ0) is 12.3. The number of aromatic carboxylic acids is 1. The molecule has 5 heteroatoms. The Morgan fingerprint density at radius 3 is 2.94 bits per heavy atom. The van der Waals surface area contributed by atoms with Gasteiger partial charge in [-0.1, -0.05) is 17.3 Å². The van der Waals surface area contributed by atoms with Crippen LogP contribution in [0.15, 0.2) is 34.9 Å². The molecule has 1 aromatic carbocycles. The largest absolute Gasteiger partial charge is 0.497 e. The van der Waals surface area contributed by atoms with Crippen molar-refractivity contribution < 1.29 is 19.2 Å². The van der Waals surface area contributed by atoms with Crippen molar-refractivity contribution in [3.63, 3.8) is 0 Å². The molecule has 0 bridgehead atoms. The number of benzene rings is 1. The number of ether oxygens (including phenoxy) is 1. The zero-order valence-corrected chi connectivity index (χ0v) is 9.21. The highest BCUT2D eigenvalue weighted by molar-refractivity contribution is 5.84. The average molecular weight is 233 g/mol. The average Bonchev–Trinajstić information content (AvgIpc) is 2.78. The second-order valence-corrected chi connectivity index (χ2v) is 3.52. The maximum Gasteiger partial charge on any atom is 0.374 e. The molecule has 1 N–H and O–H groups in total. The molecule has 0 unspecified atom stereocenters. The van der Waals surface area contributed by atoms with Crippen LogP contribution in [-0.4, -0.2) is 23.3 Å². The van der Waals surface area contributed by atoms with Gasteiger partial charge in [0.15, 0.2) is 0 Å². The molecular formula is C12H11NO4. The van der Waals surface area contributed by atoms with Gasteiger partial charge < -0.3 is 14.4 Å². The van der Waals surface area contributed by atoms with Gasteiger partial charge >= 0.3 is 5.97 Å². The van der Waals surface area contributed by atoms with E-state index in [-0.39, 0.29) is 5.76 Å². The smallest absolute Gasteiger partial charge is 0.374 e. The summed E-state index contributed by atoms with van der Waals surface area (Å²) in [5, 5.41) is 12.4. The molecule has 5 nitrogen and oxygen atoms in total. The number of carboxylic acids is 1. The minimum Gasteiger partial charge on any atom is -0.497 e. The van der Waals surface area contributed by atoms with Crippen LogP contribution in [0.5, 0.6) is 5.75 Å². The summed E-state index contributed by atoms with van der Waals surface area (Å²) >= 11 is 0. The molecule has 0 saturated carbocycles. The highest BCUT2D eigenvalue weighted by Gasteiger charge is 2.11. The molecule has 1 aromatic heterocycles. The summed E-state index contributed by atoms with van der Waals surface area (Å²) in [5.74, 6) is -0.512. The number of rotatable bonds is 4. The fourth-order valence-electron chi connectivity index (χ4n) is 1.49. The molecule has 17 heavy (non-hydrogen) atoms. The first-order valence-electron chi connectivity index (χ1n) is 5.01. The fourth-order valence-corrected chi connectivity index (χ4v) is 1.49. The lowest BCUT2D eigenvalue weighted by Crippen LogP contribution is -1.92. The third kappa shape index (κ3) is 2.63. The van der Waals surface area contributed by atoms with Crippen LogP contribution in [0, 0.1) is 0 Å². The minimum absolute atomic E-state index is 0.150. The van der Waals surface area contributed by atoms with E-state index < -0.39 is 5.97 Å². The van der Waals surface area contributed by atoms with Crippen LogP contribution < -0.4 is 4.74 Å². The van der Waals surface area contributed by atoms with E-state index >= 15 is 0 Å². The van der Waals surface area contributed by atoms with Gasteiger partial charge in [-0.25, -0.2) is 4.79 Å². The van der Waals surface area contributed by atoms with Crippen LogP contribution in [0.25, 0.3) is 0 Å². The van der Waals surface area contributed by atoms with Crippen molar-refractivity contribution in [3.8, 4) is 5.75 Å². The summed E-state index contributed by atoms with van der Waals surface area (Å²) in [4.78, 5) is 10.6. The van der Waals surface area contributed by atoms with Crippen molar-refractivity contribution in [1.82, 2.24) is 5.16 Å². The topological polar surface area (TPSA) is 72.6 Å². The van der Waals surface area contributed by atoms with Gasteiger partial charge in [0.2, 0.25) is 5.76 Å². The highest BCUT2D eigenvalue weighted by Crippen LogP contribution is 2.16. The van der Waals surface area contributed by atoms with E-state index in [1.807, 2.05) is 24.3 Å². The second-order valence-electron chi connectivity index (χ2n) is 3.52. The molecular weight excluding hydrogens is 222 g/mol. The van der Waals surface area contributed by atoms with E-state index in [9.17, 15) is 4.79 Å². The Morgan fingerprint density at radius 1 is 1.47 bits per heavy atom. The number of nitrogens with zero attached hydrogens (tertiary/aromatic N) is 1. The Bertz CT molecular complexity index is 533. The summed E-state index contributed by atoms with van der Waals surface area (Å²) in [6.07, 6.45) is 0.508. The van der Waals surface area contributed by atoms with E-state index in [4.69, 9.17) is 9.84 Å². The molecule has 0 spiro atoms. The third-order valence-electron chi connectivity index (χ3n) is 2.29. The first-order valence-corrected chi connectivity index (χ1v) is 5.01. The Morgan fingerprint density at radius 2 is 2.29 bits per heavy atom. The van der Waals surface area contributed by atoms with Gasteiger partial charge in [-0.05, 0) is 17.7 Å². The van der Waals surface area contributed by atoms with Crippen molar-refractivity contribution in [1.29, 1.82) is 0 Å². The lowest BCUT2D eigenvalue weighted by atomic mass is 10.1. The minimum atomic E-state index is -1.12. The van der Waals surface area contributed by atoms with Gasteiger partial charge in [0.05, 0.1) is 12.8 Å². The van der Waals surface area contributed by atoms with Crippen molar-refractivity contribution in [2.75, 3.05) is 7.11 Å². The van der Waals surface area contributed by atoms with E-state index in [1.165, 1.54) is 6.07 Å². The van der Waals surface area contributed by atoms with Crippen LogP contribution in [0.1, 0.15) is 21.8 Å². The molecule has 0 saturated heterocycles. The van der Waals surface area contributed by atoms with Crippen LogP contribution in [0.2, 0.25) is 0 Å². The quantitative estimate of drug-likeness (QED) is 0.874. The standard InChI is InChI=1S/C12H11NO4/c1-16-10-4-2-3-8(6-10)5-9-7-11(12(14)15)17-13-9/h2-4,6-7H,5H2,1H3,(H,14,15). The third-order valence-corrected chi connectivity index (χ3v) is 2.29. The summed E-state index contributed by atoms with van der Waals surface area (Å²) in [7, 11) is 1.59. The predicted molar refractivity (Wildman–Crippen MR) is 59.3 cm³/mol. The van der Waals surface area contributed by atoms with Gasteiger partial charge in [0, 0.05) is 12.5 Å². The molecule has 0 aliphatic heterocycles. The Kier molecular flexibility index (Phi) is 3.09. The number of aromatic nitrogens is 1. The number of hydrogen-bond donors (Lipinski definition) is 1. The Balaban J connectivity index is 2.16. The van der Waals surface area contributed by atoms with E-state index in [2.05, 4.69) is 9.68 Å². The number of methoxy groups -OCH3 is 1. The van der Waals surface area contributed by atoms with Crippen molar-refractivity contribution in [3.05, 3.63) is 47.3 Å². The molecule has 0 amide bonds. The van der Waals surface area contributed by atoms with Crippen LogP contribution in [0.4, 0.5) is 0 Å². The Hall–Kier alpha value is -2.30. The van der Waals surface area contributed by atoms with Crippen molar-refractivity contribution in [2.45, 2.75) is 6.42 Å². The monoisotopic (exact) mass is 233 g/mol. The number of hydrogen-bond acceptors (Lipinski definition) is 4. The molecule has 0 aliphatic rings. The highest BCUT2D eigenvalue weighted by atomic mass is 16.5. The van der Waals surface area contributed by atoms with Crippen LogP contribution >= 0.6 is 0 Å². The molecule has 0 radical (unpaired) electrons. The van der Waals surface area contributed by atoms with Gasteiger partial charge in [-0.2, -0.15) is 0 Å². The molecule has 1 heterocycles.